The normalized spacial score (nSPS) is 18.9. The van der Waals surface area contributed by atoms with Crippen LogP contribution in [0.1, 0.15) is 40.1 Å². The van der Waals surface area contributed by atoms with Gasteiger partial charge >= 0.3 is 5.97 Å². The van der Waals surface area contributed by atoms with Crippen molar-refractivity contribution in [1.29, 1.82) is 0 Å². The largest absolute Gasteiger partial charge is 0.490 e. The van der Waals surface area contributed by atoms with Gasteiger partial charge in [0, 0.05) is 5.75 Å². The predicted octanol–water partition coefficient (Wildman–Crippen LogP) is 4.38. The summed E-state index contributed by atoms with van der Waals surface area (Å²) in [6.07, 6.45) is 0. The van der Waals surface area contributed by atoms with E-state index < -0.39 is 12.0 Å². The van der Waals surface area contributed by atoms with Crippen molar-refractivity contribution in [3.63, 3.8) is 0 Å². The summed E-state index contributed by atoms with van der Waals surface area (Å²) in [5, 5.41) is 12.3. The number of rotatable bonds is 7. The minimum atomic E-state index is -0.816. The number of aryl methyl sites for hydroxylation is 3. The van der Waals surface area contributed by atoms with Crippen LogP contribution in [0, 0.1) is 20.8 Å². The Balaban J connectivity index is 1.77. The first kappa shape index (κ1) is 20.6. The van der Waals surface area contributed by atoms with E-state index in [1.54, 1.807) is 11.8 Å². The standard InChI is InChI=1S/C22H27NO4S/c1-5-26-20-10-16(21-23-18(12-28-21)22(24)25)6-7-19(20)27-11-17-14(3)8-13(2)9-15(17)4/h6-10,18,21,23H,5,11-12H2,1-4H3,(H,24,25)/t18-,21-/m1/s1. The number of ether oxygens (including phenoxy) is 2. The van der Waals surface area contributed by atoms with E-state index in [2.05, 4.69) is 38.2 Å². The van der Waals surface area contributed by atoms with Gasteiger partial charge in [-0.05, 0) is 62.1 Å². The monoisotopic (exact) mass is 401 g/mol. The molecule has 0 unspecified atom stereocenters. The molecule has 1 saturated heterocycles. The van der Waals surface area contributed by atoms with Crippen LogP contribution in [-0.2, 0) is 11.4 Å². The summed E-state index contributed by atoms with van der Waals surface area (Å²) in [6, 6.07) is 9.65. The fraction of sp³-hybridized carbons (Fsp3) is 0.409. The third-order valence-electron chi connectivity index (χ3n) is 4.86. The van der Waals surface area contributed by atoms with Crippen molar-refractivity contribution in [3.05, 3.63) is 58.1 Å². The predicted molar refractivity (Wildman–Crippen MR) is 112 cm³/mol. The van der Waals surface area contributed by atoms with Gasteiger partial charge in [-0.2, -0.15) is 0 Å². The van der Waals surface area contributed by atoms with Crippen LogP contribution in [0.4, 0.5) is 0 Å². The number of thioether (sulfide) groups is 1. The maximum atomic E-state index is 11.2. The highest BCUT2D eigenvalue weighted by Crippen LogP contribution is 2.38. The van der Waals surface area contributed by atoms with E-state index in [0.29, 0.717) is 30.5 Å². The lowest BCUT2D eigenvalue weighted by Crippen LogP contribution is -2.33. The van der Waals surface area contributed by atoms with Gasteiger partial charge in [0.2, 0.25) is 0 Å². The molecule has 28 heavy (non-hydrogen) atoms. The molecule has 0 saturated carbocycles. The van der Waals surface area contributed by atoms with Gasteiger partial charge in [-0.15, -0.1) is 11.8 Å². The molecule has 0 bridgehead atoms. The third kappa shape index (κ3) is 4.62. The molecule has 2 aromatic rings. The lowest BCUT2D eigenvalue weighted by molar-refractivity contribution is -0.138. The minimum Gasteiger partial charge on any atom is -0.490 e. The molecule has 2 N–H and O–H groups in total. The van der Waals surface area contributed by atoms with E-state index in [9.17, 15) is 9.90 Å². The Morgan fingerprint density at radius 1 is 1.14 bits per heavy atom. The molecule has 3 rings (SSSR count). The topological polar surface area (TPSA) is 67.8 Å². The van der Waals surface area contributed by atoms with Crippen molar-refractivity contribution in [3.8, 4) is 11.5 Å². The van der Waals surface area contributed by atoms with Gasteiger partial charge in [0.25, 0.3) is 0 Å². The Morgan fingerprint density at radius 2 is 1.86 bits per heavy atom. The number of hydrogen-bond acceptors (Lipinski definition) is 5. The van der Waals surface area contributed by atoms with Crippen LogP contribution in [-0.4, -0.2) is 29.5 Å². The summed E-state index contributed by atoms with van der Waals surface area (Å²) in [5.41, 5.74) is 5.87. The van der Waals surface area contributed by atoms with E-state index in [-0.39, 0.29) is 5.37 Å². The van der Waals surface area contributed by atoms with Gasteiger partial charge in [0.05, 0.1) is 12.0 Å². The van der Waals surface area contributed by atoms with Gasteiger partial charge in [-0.3, -0.25) is 10.1 Å². The number of nitrogens with one attached hydrogen (secondary N) is 1. The summed E-state index contributed by atoms with van der Waals surface area (Å²) in [6.45, 7) is 9.26. The Kier molecular flexibility index (Phi) is 6.52. The summed E-state index contributed by atoms with van der Waals surface area (Å²) in [7, 11) is 0. The van der Waals surface area contributed by atoms with Crippen molar-refractivity contribution in [2.75, 3.05) is 12.4 Å². The third-order valence-corrected chi connectivity index (χ3v) is 6.13. The molecule has 0 aromatic heterocycles. The van der Waals surface area contributed by atoms with E-state index in [4.69, 9.17) is 9.47 Å². The number of hydrogen-bond donors (Lipinski definition) is 2. The van der Waals surface area contributed by atoms with Crippen LogP contribution < -0.4 is 14.8 Å². The molecule has 5 nitrogen and oxygen atoms in total. The van der Waals surface area contributed by atoms with E-state index in [1.807, 2.05) is 25.1 Å². The van der Waals surface area contributed by atoms with Gasteiger partial charge in [-0.1, -0.05) is 23.8 Å². The molecule has 2 atom stereocenters. The minimum absolute atomic E-state index is 0.0593. The van der Waals surface area contributed by atoms with Crippen molar-refractivity contribution in [1.82, 2.24) is 5.32 Å². The second-order valence-corrected chi connectivity index (χ2v) is 8.21. The Labute approximate surface area is 170 Å². The molecule has 0 amide bonds. The number of carbonyl (C=O) groups is 1. The van der Waals surface area contributed by atoms with Crippen molar-refractivity contribution in [2.24, 2.45) is 0 Å². The SMILES string of the molecule is CCOc1cc([C@@H]2N[C@@H](C(=O)O)CS2)ccc1OCc1c(C)cc(C)cc1C. The van der Waals surface area contributed by atoms with E-state index in [1.165, 1.54) is 22.3 Å². The molecule has 2 aromatic carbocycles. The molecular weight excluding hydrogens is 374 g/mol. The molecule has 6 heteroatoms. The van der Waals surface area contributed by atoms with Crippen LogP contribution in [0.5, 0.6) is 11.5 Å². The molecule has 1 aliphatic rings. The van der Waals surface area contributed by atoms with E-state index >= 15 is 0 Å². The van der Waals surface area contributed by atoms with Crippen LogP contribution in [0.2, 0.25) is 0 Å². The summed E-state index contributed by atoms with van der Waals surface area (Å²) < 4.78 is 11.9. The van der Waals surface area contributed by atoms with Crippen molar-refractivity contribution < 1.29 is 19.4 Å². The first-order valence-electron chi connectivity index (χ1n) is 9.45. The number of carboxylic acids is 1. The molecule has 1 fully saturated rings. The Bertz CT molecular complexity index is 845. The van der Waals surface area contributed by atoms with Gasteiger partial charge in [0.1, 0.15) is 12.6 Å². The molecule has 1 heterocycles. The molecule has 0 spiro atoms. The molecule has 150 valence electrons. The second-order valence-electron chi connectivity index (χ2n) is 7.08. The summed E-state index contributed by atoms with van der Waals surface area (Å²) >= 11 is 1.59. The molecule has 1 aliphatic heterocycles. The number of benzene rings is 2. The Morgan fingerprint density at radius 3 is 2.46 bits per heavy atom. The first-order chi connectivity index (χ1) is 13.4. The van der Waals surface area contributed by atoms with Crippen LogP contribution in [0.15, 0.2) is 30.3 Å². The maximum absolute atomic E-state index is 11.2. The zero-order chi connectivity index (χ0) is 20.3. The lowest BCUT2D eigenvalue weighted by atomic mass is 10.0. The van der Waals surface area contributed by atoms with Gasteiger partial charge in [-0.25, -0.2) is 0 Å². The zero-order valence-electron chi connectivity index (χ0n) is 16.7. The van der Waals surface area contributed by atoms with Crippen LogP contribution in [0.3, 0.4) is 0 Å². The lowest BCUT2D eigenvalue weighted by Gasteiger charge is -2.18. The quantitative estimate of drug-likeness (QED) is 0.718. The number of carboxylic acid groups (broad SMARTS) is 1. The summed E-state index contributed by atoms with van der Waals surface area (Å²) in [5.74, 6) is 1.11. The molecule has 0 aliphatic carbocycles. The van der Waals surface area contributed by atoms with Crippen molar-refractivity contribution in [2.45, 2.75) is 45.7 Å². The van der Waals surface area contributed by atoms with E-state index in [0.717, 1.165) is 5.56 Å². The summed E-state index contributed by atoms with van der Waals surface area (Å²) in [4.78, 5) is 11.2. The second kappa shape index (κ2) is 8.88. The van der Waals surface area contributed by atoms with Crippen LogP contribution >= 0.6 is 11.8 Å². The molecular formula is C22H27NO4S. The fourth-order valence-electron chi connectivity index (χ4n) is 3.47. The fourth-order valence-corrected chi connectivity index (χ4v) is 4.69. The zero-order valence-corrected chi connectivity index (χ0v) is 17.6. The van der Waals surface area contributed by atoms with Crippen molar-refractivity contribution >= 4 is 17.7 Å². The first-order valence-corrected chi connectivity index (χ1v) is 10.5. The van der Waals surface area contributed by atoms with Gasteiger partial charge < -0.3 is 14.6 Å². The average molecular weight is 402 g/mol. The molecule has 0 radical (unpaired) electrons. The maximum Gasteiger partial charge on any atom is 0.321 e. The Hall–Kier alpha value is -2.18. The average Bonchev–Trinajstić information content (AvgIpc) is 3.12. The highest BCUT2D eigenvalue weighted by molar-refractivity contribution is 7.99. The highest BCUT2D eigenvalue weighted by atomic mass is 32.2. The van der Waals surface area contributed by atoms with Crippen LogP contribution in [0.25, 0.3) is 0 Å². The van der Waals surface area contributed by atoms with Gasteiger partial charge in [0.15, 0.2) is 11.5 Å². The smallest absolute Gasteiger partial charge is 0.321 e. The highest BCUT2D eigenvalue weighted by Gasteiger charge is 2.30. The number of aliphatic carboxylic acids is 1.